The highest BCUT2D eigenvalue weighted by Gasteiger charge is 2.08. The number of halogens is 1. The van der Waals surface area contributed by atoms with Gasteiger partial charge in [-0.15, -0.1) is 11.6 Å². The summed E-state index contributed by atoms with van der Waals surface area (Å²) in [6.45, 7) is 0.587. The molecule has 1 N–H and O–H groups in total. The third-order valence-corrected chi connectivity index (χ3v) is 3.94. The van der Waals surface area contributed by atoms with Crippen LogP contribution in [-0.4, -0.2) is 23.4 Å². The number of hydrogen-bond donors (Lipinski definition) is 1. The first kappa shape index (κ1) is 12.9. The first-order valence-corrected chi connectivity index (χ1v) is 7.40. The van der Waals surface area contributed by atoms with Gasteiger partial charge >= 0.3 is 0 Å². The number of benzene rings is 1. The van der Waals surface area contributed by atoms with Crippen molar-refractivity contribution in [3.63, 3.8) is 0 Å². The number of hydrogen-bond acceptors (Lipinski definition) is 3. The molecule has 5 nitrogen and oxygen atoms in total. The van der Waals surface area contributed by atoms with Crippen molar-refractivity contribution in [2.75, 3.05) is 9.93 Å². The molecule has 0 spiro atoms. The second-order valence-corrected chi connectivity index (χ2v) is 6.04. The summed E-state index contributed by atoms with van der Waals surface area (Å²) in [5.41, 5.74) is 1.45. The van der Waals surface area contributed by atoms with Gasteiger partial charge in [-0.2, -0.15) is 5.10 Å². The van der Waals surface area contributed by atoms with Gasteiger partial charge < -0.3 is 0 Å². The standard InChI is InChI=1S/C11H12ClN3O2S/c12-9-18(16,17)14-11-4-1-3-10(7-11)8-15-6-2-5-13-15/h1-7,14H,8-9H2. The van der Waals surface area contributed by atoms with Gasteiger partial charge in [0.1, 0.15) is 5.21 Å². The van der Waals surface area contributed by atoms with Gasteiger partial charge in [-0.05, 0) is 23.8 Å². The van der Waals surface area contributed by atoms with Crippen molar-refractivity contribution in [2.24, 2.45) is 0 Å². The monoisotopic (exact) mass is 285 g/mol. The molecular weight excluding hydrogens is 274 g/mol. The van der Waals surface area contributed by atoms with Crippen LogP contribution >= 0.6 is 11.6 Å². The fourth-order valence-corrected chi connectivity index (χ4v) is 2.23. The largest absolute Gasteiger partial charge is 0.283 e. The molecule has 0 radical (unpaired) electrons. The average Bonchev–Trinajstić information content (AvgIpc) is 2.82. The zero-order valence-electron chi connectivity index (χ0n) is 9.45. The Bertz CT molecular complexity index is 611. The summed E-state index contributed by atoms with van der Waals surface area (Å²) in [6.07, 6.45) is 3.54. The van der Waals surface area contributed by atoms with Gasteiger partial charge in [0.25, 0.3) is 0 Å². The van der Waals surface area contributed by atoms with Crippen LogP contribution in [0.25, 0.3) is 0 Å². The zero-order chi connectivity index (χ0) is 13.0. The molecule has 96 valence electrons. The number of nitrogens with zero attached hydrogens (tertiary/aromatic N) is 2. The lowest BCUT2D eigenvalue weighted by Gasteiger charge is -2.07. The minimum atomic E-state index is -3.46. The van der Waals surface area contributed by atoms with E-state index in [0.29, 0.717) is 12.2 Å². The van der Waals surface area contributed by atoms with E-state index in [1.807, 2.05) is 18.3 Å². The molecule has 0 bridgehead atoms. The summed E-state index contributed by atoms with van der Waals surface area (Å²) in [4.78, 5) is 0. The van der Waals surface area contributed by atoms with E-state index in [9.17, 15) is 8.42 Å². The van der Waals surface area contributed by atoms with E-state index < -0.39 is 15.2 Å². The van der Waals surface area contributed by atoms with E-state index in [1.54, 1.807) is 29.1 Å². The van der Waals surface area contributed by atoms with Crippen molar-refractivity contribution in [2.45, 2.75) is 6.54 Å². The molecule has 0 aliphatic heterocycles. The van der Waals surface area contributed by atoms with Crippen LogP contribution in [0.2, 0.25) is 0 Å². The molecule has 1 aromatic carbocycles. The highest BCUT2D eigenvalue weighted by molar-refractivity contribution is 7.93. The van der Waals surface area contributed by atoms with Crippen LogP contribution in [0.4, 0.5) is 5.69 Å². The third kappa shape index (κ3) is 3.48. The van der Waals surface area contributed by atoms with Crippen LogP contribution in [-0.2, 0) is 16.6 Å². The Morgan fingerprint density at radius 1 is 1.33 bits per heavy atom. The number of aromatic nitrogens is 2. The van der Waals surface area contributed by atoms with E-state index in [-0.39, 0.29) is 0 Å². The molecule has 0 aliphatic rings. The van der Waals surface area contributed by atoms with Gasteiger partial charge in [0.05, 0.1) is 6.54 Å². The van der Waals surface area contributed by atoms with Crippen molar-refractivity contribution in [1.29, 1.82) is 0 Å². The van der Waals surface area contributed by atoms with E-state index >= 15 is 0 Å². The van der Waals surface area contributed by atoms with E-state index in [0.717, 1.165) is 5.56 Å². The van der Waals surface area contributed by atoms with Crippen molar-refractivity contribution >= 4 is 27.3 Å². The Morgan fingerprint density at radius 3 is 2.83 bits per heavy atom. The summed E-state index contributed by atoms with van der Waals surface area (Å²) in [7, 11) is -3.46. The predicted molar refractivity (Wildman–Crippen MR) is 71.0 cm³/mol. The first-order chi connectivity index (χ1) is 8.59. The molecule has 0 fully saturated rings. The summed E-state index contributed by atoms with van der Waals surface area (Å²) < 4.78 is 26.8. The van der Waals surface area contributed by atoms with Crippen LogP contribution in [0.1, 0.15) is 5.56 Å². The molecule has 0 aliphatic carbocycles. The van der Waals surface area contributed by atoms with Crippen molar-refractivity contribution in [3.05, 3.63) is 48.3 Å². The van der Waals surface area contributed by atoms with Gasteiger partial charge in [-0.25, -0.2) is 8.42 Å². The Balaban J connectivity index is 2.15. The Labute approximate surface area is 110 Å². The van der Waals surface area contributed by atoms with Crippen molar-refractivity contribution in [1.82, 2.24) is 9.78 Å². The molecule has 0 atom stereocenters. The molecule has 18 heavy (non-hydrogen) atoms. The number of rotatable bonds is 5. The molecule has 0 unspecified atom stereocenters. The normalized spacial score (nSPS) is 11.4. The molecule has 0 amide bonds. The maximum absolute atomic E-state index is 11.3. The van der Waals surface area contributed by atoms with Crippen LogP contribution in [0, 0.1) is 0 Å². The maximum Gasteiger partial charge on any atom is 0.246 e. The number of alkyl halides is 1. The van der Waals surface area contributed by atoms with Crippen LogP contribution < -0.4 is 4.72 Å². The summed E-state index contributed by atoms with van der Waals surface area (Å²) >= 11 is 5.33. The van der Waals surface area contributed by atoms with E-state index in [2.05, 4.69) is 9.82 Å². The highest BCUT2D eigenvalue weighted by Crippen LogP contribution is 2.13. The molecule has 2 aromatic rings. The smallest absolute Gasteiger partial charge is 0.246 e. The molecule has 0 saturated heterocycles. The van der Waals surface area contributed by atoms with Crippen LogP contribution in [0.15, 0.2) is 42.7 Å². The topological polar surface area (TPSA) is 64.0 Å². The summed E-state index contributed by atoms with van der Waals surface area (Å²) in [6, 6.07) is 8.95. The minimum absolute atomic E-state index is 0.462. The van der Waals surface area contributed by atoms with E-state index in [4.69, 9.17) is 11.6 Å². The Kier molecular flexibility index (Phi) is 3.88. The SMILES string of the molecule is O=S(=O)(CCl)Nc1cccc(Cn2cccn2)c1. The lowest BCUT2D eigenvalue weighted by Crippen LogP contribution is -2.13. The maximum atomic E-state index is 11.3. The van der Waals surface area contributed by atoms with Gasteiger partial charge in [-0.3, -0.25) is 9.40 Å². The highest BCUT2D eigenvalue weighted by atomic mass is 35.5. The molecular formula is C11H12ClN3O2S. The zero-order valence-corrected chi connectivity index (χ0v) is 11.0. The van der Waals surface area contributed by atoms with Gasteiger partial charge in [0.15, 0.2) is 0 Å². The second kappa shape index (κ2) is 5.41. The fraction of sp³-hybridized carbons (Fsp3) is 0.182. The number of sulfonamides is 1. The first-order valence-electron chi connectivity index (χ1n) is 5.22. The second-order valence-electron chi connectivity index (χ2n) is 3.73. The van der Waals surface area contributed by atoms with Crippen LogP contribution in [0.3, 0.4) is 0 Å². The molecule has 1 aromatic heterocycles. The minimum Gasteiger partial charge on any atom is -0.283 e. The van der Waals surface area contributed by atoms with Gasteiger partial charge in [-0.1, -0.05) is 12.1 Å². The third-order valence-electron chi connectivity index (χ3n) is 2.25. The molecule has 7 heteroatoms. The summed E-state index contributed by atoms with van der Waals surface area (Å²) in [5.74, 6) is 0. The van der Waals surface area contributed by atoms with E-state index in [1.165, 1.54) is 0 Å². The van der Waals surface area contributed by atoms with Crippen LogP contribution in [0.5, 0.6) is 0 Å². The average molecular weight is 286 g/mol. The summed E-state index contributed by atoms with van der Waals surface area (Å²) in [5, 5.41) is 3.63. The lowest BCUT2D eigenvalue weighted by atomic mass is 10.2. The Hall–Kier alpha value is -1.53. The fourth-order valence-electron chi connectivity index (χ4n) is 1.52. The predicted octanol–water partition coefficient (Wildman–Crippen LogP) is 1.87. The van der Waals surface area contributed by atoms with Crippen molar-refractivity contribution < 1.29 is 8.42 Å². The lowest BCUT2D eigenvalue weighted by molar-refractivity contribution is 0.605. The molecule has 1 heterocycles. The molecule has 0 saturated carbocycles. The van der Waals surface area contributed by atoms with Gasteiger partial charge in [0, 0.05) is 18.1 Å². The number of anilines is 1. The van der Waals surface area contributed by atoms with Gasteiger partial charge in [0.2, 0.25) is 10.0 Å². The Morgan fingerprint density at radius 2 is 2.17 bits per heavy atom. The quantitative estimate of drug-likeness (QED) is 0.853. The molecule has 2 rings (SSSR count). The van der Waals surface area contributed by atoms with Crippen molar-refractivity contribution in [3.8, 4) is 0 Å². The number of nitrogens with one attached hydrogen (secondary N) is 1.